The van der Waals surface area contributed by atoms with Gasteiger partial charge in [-0.15, -0.1) is 0 Å². The Kier molecular flexibility index (Phi) is 2.82. The van der Waals surface area contributed by atoms with Gasteiger partial charge < -0.3 is 10.6 Å². The van der Waals surface area contributed by atoms with E-state index in [1.165, 1.54) is 0 Å². The minimum absolute atomic E-state index is 0.248. The summed E-state index contributed by atoms with van der Waals surface area (Å²) in [7, 11) is 0. The summed E-state index contributed by atoms with van der Waals surface area (Å²) in [6.07, 6.45) is 3.42. The van der Waals surface area contributed by atoms with Crippen molar-refractivity contribution in [2.75, 3.05) is 11.4 Å². The molecule has 1 aliphatic heterocycles. The monoisotopic (exact) mass is 308 g/mol. The van der Waals surface area contributed by atoms with E-state index in [4.69, 9.17) is 5.73 Å². The zero-order valence-electron chi connectivity index (χ0n) is 12.5. The number of para-hydroxylation sites is 1. The molecule has 0 atom stereocenters. The molecule has 4 rings (SSSR count). The molecule has 1 aromatic rings. The van der Waals surface area contributed by atoms with Crippen LogP contribution < -0.4 is 10.6 Å². The summed E-state index contributed by atoms with van der Waals surface area (Å²) in [5, 5.41) is 0. The Balaban J connectivity index is 1.79. The maximum absolute atomic E-state index is 11.8. The summed E-state index contributed by atoms with van der Waals surface area (Å²) in [6.45, 7) is 0.372. The van der Waals surface area contributed by atoms with E-state index in [1.54, 1.807) is 0 Å². The third kappa shape index (κ3) is 1.96. The van der Waals surface area contributed by atoms with Crippen molar-refractivity contribution in [1.82, 2.24) is 0 Å². The number of Topliss-reactive ketones (excluding diaryl/α,β-unsaturated/α-hetero) is 2. The molecule has 2 aliphatic carbocycles. The average molecular weight is 308 g/mol. The molecule has 1 saturated carbocycles. The van der Waals surface area contributed by atoms with E-state index in [0.29, 0.717) is 31.4 Å². The second-order valence-corrected chi connectivity index (χ2v) is 6.34. The molecule has 1 heterocycles. The van der Waals surface area contributed by atoms with E-state index in [-0.39, 0.29) is 11.6 Å². The van der Waals surface area contributed by atoms with Gasteiger partial charge in [0.25, 0.3) is 0 Å². The molecular weight excluding hydrogens is 292 g/mol. The molecule has 1 aromatic carbocycles. The van der Waals surface area contributed by atoms with E-state index in [1.807, 2.05) is 41.3 Å². The van der Waals surface area contributed by atoms with Gasteiger partial charge in [-0.2, -0.15) is 0 Å². The van der Waals surface area contributed by atoms with Crippen LogP contribution in [0.4, 0.5) is 5.69 Å². The van der Waals surface area contributed by atoms with Crippen molar-refractivity contribution >= 4 is 23.2 Å². The SMILES string of the molecule is NC(=O)C1=CC2=C(CC3(CC2)C(=O)C3=O)N(c2ccccc2)C1. The van der Waals surface area contributed by atoms with Gasteiger partial charge in [-0.05, 0) is 36.6 Å². The summed E-state index contributed by atoms with van der Waals surface area (Å²) >= 11 is 0. The normalized spacial score (nSPS) is 22.1. The lowest BCUT2D eigenvalue weighted by molar-refractivity contribution is -0.122. The molecule has 116 valence electrons. The van der Waals surface area contributed by atoms with E-state index in [2.05, 4.69) is 0 Å². The molecule has 0 aromatic heterocycles. The molecule has 1 amide bonds. The second-order valence-electron chi connectivity index (χ2n) is 6.34. The molecule has 5 nitrogen and oxygen atoms in total. The first-order valence-corrected chi connectivity index (χ1v) is 7.67. The van der Waals surface area contributed by atoms with Crippen LogP contribution in [0.3, 0.4) is 0 Å². The lowest BCUT2D eigenvalue weighted by atomic mass is 9.81. The Bertz CT molecular complexity index is 791. The molecule has 1 spiro atoms. The van der Waals surface area contributed by atoms with Crippen LogP contribution in [-0.2, 0) is 14.4 Å². The third-order valence-electron chi connectivity index (χ3n) is 5.06. The van der Waals surface area contributed by atoms with Crippen molar-refractivity contribution in [1.29, 1.82) is 0 Å². The molecule has 0 unspecified atom stereocenters. The molecule has 0 bridgehead atoms. The lowest BCUT2D eigenvalue weighted by Crippen LogP contribution is -2.36. The van der Waals surface area contributed by atoms with Crippen molar-refractivity contribution in [2.45, 2.75) is 19.3 Å². The molecule has 0 saturated heterocycles. The highest BCUT2D eigenvalue weighted by Gasteiger charge is 2.66. The van der Waals surface area contributed by atoms with Crippen LogP contribution in [0.25, 0.3) is 0 Å². The number of benzene rings is 1. The van der Waals surface area contributed by atoms with Crippen LogP contribution in [0.1, 0.15) is 19.3 Å². The summed E-state index contributed by atoms with van der Waals surface area (Å²) in [6, 6.07) is 9.66. The van der Waals surface area contributed by atoms with E-state index in [0.717, 1.165) is 17.0 Å². The van der Waals surface area contributed by atoms with Gasteiger partial charge in [-0.1, -0.05) is 18.2 Å². The highest BCUT2D eigenvalue weighted by atomic mass is 16.2. The topological polar surface area (TPSA) is 80.5 Å². The van der Waals surface area contributed by atoms with E-state index in [9.17, 15) is 14.4 Å². The first-order valence-electron chi connectivity index (χ1n) is 7.67. The average Bonchev–Trinajstić information content (AvgIpc) is 3.07. The number of hydrogen-bond donors (Lipinski definition) is 1. The Labute approximate surface area is 133 Å². The third-order valence-corrected chi connectivity index (χ3v) is 5.06. The zero-order chi connectivity index (χ0) is 16.2. The van der Waals surface area contributed by atoms with Gasteiger partial charge >= 0.3 is 0 Å². The van der Waals surface area contributed by atoms with Crippen LogP contribution in [0.15, 0.2) is 53.3 Å². The molecule has 0 radical (unpaired) electrons. The largest absolute Gasteiger partial charge is 0.366 e. The van der Waals surface area contributed by atoms with Gasteiger partial charge in [0, 0.05) is 23.4 Å². The Morgan fingerprint density at radius 1 is 1.13 bits per heavy atom. The Morgan fingerprint density at radius 2 is 1.83 bits per heavy atom. The molecule has 1 fully saturated rings. The second kappa shape index (κ2) is 4.65. The molecule has 23 heavy (non-hydrogen) atoms. The fraction of sp³-hybridized carbons (Fsp3) is 0.278. The number of carbonyl (C=O) groups is 3. The fourth-order valence-corrected chi connectivity index (χ4v) is 3.62. The van der Waals surface area contributed by atoms with Gasteiger partial charge in [-0.25, -0.2) is 0 Å². The lowest BCUT2D eigenvalue weighted by Gasteiger charge is -2.37. The van der Waals surface area contributed by atoms with Crippen molar-refractivity contribution in [2.24, 2.45) is 11.1 Å². The number of hydrogen-bond acceptors (Lipinski definition) is 4. The summed E-state index contributed by atoms with van der Waals surface area (Å²) in [4.78, 5) is 37.3. The minimum atomic E-state index is -0.802. The Hall–Kier alpha value is -2.69. The first kappa shape index (κ1) is 13.9. The van der Waals surface area contributed by atoms with Gasteiger partial charge in [0.1, 0.15) is 5.41 Å². The summed E-state index contributed by atoms with van der Waals surface area (Å²) in [5.41, 5.74) is 8.13. The molecular formula is C18H16N2O3. The number of rotatable bonds is 2. The smallest absolute Gasteiger partial charge is 0.246 e. The van der Waals surface area contributed by atoms with E-state index < -0.39 is 11.3 Å². The summed E-state index contributed by atoms with van der Waals surface area (Å²) in [5.74, 6) is -0.931. The predicted octanol–water partition coefficient (Wildman–Crippen LogP) is 1.49. The number of allylic oxidation sites excluding steroid dienone is 3. The van der Waals surface area contributed by atoms with Gasteiger partial charge in [0.05, 0.1) is 6.54 Å². The minimum Gasteiger partial charge on any atom is -0.366 e. The zero-order valence-corrected chi connectivity index (χ0v) is 12.5. The number of ketones is 2. The van der Waals surface area contributed by atoms with Crippen LogP contribution in [0.2, 0.25) is 0 Å². The summed E-state index contributed by atoms with van der Waals surface area (Å²) < 4.78 is 0. The van der Waals surface area contributed by atoms with Crippen LogP contribution in [0.5, 0.6) is 0 Å². The maximum atomic E-state index is 11.8. The van der Waals surface area contributed by atoms with Crippen LogP contribution in [-0.4, -0.2) is 24.0 Å². The molecule has 5 heteroatoms. The number of carbonyl (C=O) groups excluding carboxylic acids is 3. The van der Waals surface area contributed by atoms with Crippen molar-refractivity contribution < 1.29 is 14.4 Å². The number of nitrogens with zero attached hydrogens (tertiary/aromatic N) is 1. The number of amides is 1. The molecule has 2 N–H and O–H groups in total. The van der Waals surface area contributed by atoms with Crippen LogP contribution >= 0.6 is 0 Å². The highest BCUT2D eigenvalue weighted by Crippen LogP contribution is 2.53. The number of nitrogens with two attached hydrogens (primary N) is 1. The molecule has 3 aliphatic rings. The quantitative estimate of drug-likeness (QED) is 0.663. The van der Waals surface area contributed by atoms with E-state index >= 15 is 0 Å². The highest BCUT2D eigenvalue weighted by molar-refractivity contribution is 6.63. The van der Waals surface area contributed by atoms with Crippen LogP contribution in [0, 0.1) is 5.41 Å². The van der Waals surface area contributed by atoms with Crippen molar-refractivity contribution in [3.8, 4) is 0 Å². The van der Waals surface area contributed by atoms with Crippen molar-refractivity contribution in [3.63, 3.8) is 0 Å². The standard InChI is InChI=1S/C18H16N2O3/c19-17(23)12-8-11-6-7-18(15(21)16(18)22)9-14(11)20(10-12)13-4-2-1-3-5-13/h1-5,8H,6-7,9-10H2,(H2,19,23). The maximum Gasteiger partial charge on any atom is 0.246 e. The number of primary amides is 1. The van der Waals surface area contributed by atoms with Gasteiger partial charge in [-0.3, -0.25) is 14.4 Å². The first-order chi connectivity index (χ1) is 11.0. The fourth-order valence-electron chi connectivity index (χ4n) is 3.62. The van der Waals surface area contributed by atoms with Gasteiger partial charge in [0.2, 0.25) is 17.5 Å². The van der Waals surface area contributed by atoms with Gasteiger partial charge in [0.15, 0.2) is 0 Å². The number of anilines is 1. The van der Waals surface area contributed by atoms with Crippen molar-refractivity contribution in [3.05, 3.63) is 53.3 Å². The Morgan fingerprint density at radius 3 is 2.43 bits per heavy atom. The predicted molar refractivity (Wildman–Crippen MR) is 84.4 cm³/mol.